The quantitative estimate of drug-likeness (QED) is 0.911. The lowest BCUT2D eigenvalue weighted by Gasteiger charge is -2.29. The van der Waals surface area contributed by atoms with Gasteiger partial charge in [0.25, 0.3) is 0 Å². The second-order valence-electron chi connectivity index (χ2n) is 5.94. The molecular formula is C16H24BrNO. The minimum atomic E-state index is -0.0473. The highest BCUT2D eigenvalue weighted by Crippen LogP contribution is 2.25. The molecule has 1 aliphatic carbocycles. The highest BCUT2D eigenvalue weighted by molar-refractivity contribution is 9.10. The van der Waals surface area contributed by atoms with Gasteiger partial charge in [0.15, 0.2) is 0 Å². The van der Waals surface area contributed by atoms with Gasteiger partial charge in [0.1, 0.15) is 0 Å². The van der Waals surface area contributed by atoms with Crippen LogP contribution in [0.2, 0.25) is 0 Å². The molecule has 0 radical (unpaired) electrons. The van der Waals surface area contributed by atoms with Crippen LogP contribution in [0.1, 0.15) is 36.8 Å². The molecule has 1 saturated carbocycles. The van der Waals surface area contributed by atoms with Gasteiger partial charge in [-0.2, -0.15) is 0 Å². The summed E-state index contributed by atoms with van der Waals surface area (Å²) in [6.07, 6.45) is 4.25. The molecule has 1 aromatic rings. The van der Waals surface area contributed by atoms with E-state index in [2.05, 4.69) is 53.0 Å². The van der Waals surface area contributed by atoms with Crippen molar-refractivity contribution in [3.63, 3.8) is 0 Å². The van der Waals surface area contributed by atoms with Crippen LogP contribution in [0.15, 0.2) is 22.7 Å². The van der Waals surface area contributed by atoms with Crippen molar-refractivity contribution >= 4 is 15.9 Å². The predicted octanol–water partition coefficient (Wildman–Crippen LogP) is 3.74. The Bertz CT molecular complexity index is 413. The van der Waals surface area contributed by atoms with Crippen LogP contribution in [0.25, 0.3) is 0 Å². The smallest absolute Gasteiger partial charge is 0.0540 e. The van der Waals surface area contributed by atoms with Crippen molar-refractivity contribution in [2.45, 2.75) is 45.3 Å². The van der Waals surface area contributed by atoms with E-state index in [1.807, 2.05) is 0 Å². The van der Waals surface area contributed by atoms with Gasteiger partial charge in [0.05, 0.1) is 6.10 Å². The second-order valence-corrected chi connectivity index (χ2v) is 6.86. The molecule has 2 nitrogen and oxygen atoms in total. The number of benzene rings is 1. The van der Waals surface area contributed by atoms with Crippen LogP contribution in [0, 0.1) is 12.8 Å². The Balaban J connectivity index is 1.87. The zero-order valence-electron chi connectivity index (χ0n) is 11.9. The van der Waals surface area contributed by atoms with Gasteiger partial charge in [0, 0.05) is 17.6 Å². The SMILES string of the molecule is Cc1ccc(Br)cc1CN(C)CC1CCC(O)CC1. The summed E-state index contributed by atoms with van der Waals surface area (Å²) < 4.78 is 1.15. The van der Waals surface area contributed by atoms with Gasteiger partial charge < -0.3 is 10.0 Å². The molecule has 3 heteroatoms. The van der Waals surface area contributed by atoms with E-state index in [4.69, 9.17) is 0 Å². The fourth-order valence-corrected chi connectivity index (χ4v) is 3.34. The van der Waals surface area contributed by atoms with Gasteiger partial charge in [-0.05, 0) is 68.8 Å². The zero-order valence-corrected chi connectivity index (χ0v) is 13.5. The summed E-state index contributed by atoms with van der Waals surface area (Å²) in [6.45, 7) is 4.32. The highest BCUT2D eigenvalue weighted by atomic mass is 79.9. The molecule has 1 aliphatic rings. The van der Waals surface area contributed by atoms with E-state index >= 15 is 0 Å². The summed E-state index contributed by atoms with van der Waals surface area (Å²) in [5, 5.41) is 9.54. The lowest BCUT2D eigenvalue weighted by atomic mass is 9.87. The van der Waals surface area contributed by atoms with E-state index < -0.39 is 0 Å². The topological polar surface area (TPSA) is 23.5 Å². The molecule has 0 aliphatic heterocycles. The monoisotopic (exact) mass is 325 g/mol. The maximum Gasteiger partial charge on any atom is 0.0540 e. The molecular weight excluding hydrogens is 302 g/mol. The Morgan fingerprint density at radius 2 is 1.95 bits per heavy atom. The van der Waals surface area contributed by atoms with Crippen LogP contribution in [-0.4, -0.2) is 29.7 Å². The lowest BCUT2D eigenvalue weighted by molar-refractivity contribution is 0.0967. The third-order valence-corrected chi connectivity index (χ3v) is 4.63. The Hall–Kier alpha value is -0.380. The average molecular weight is 326 g/mol. The van der Waals surface area contributed by atoms with E-state index in [-0.39, 0.29) is 6.10 Å². The summed E-state index contributed by atoms with van der Waals surface area (Å²) in [5.41, 5.74) is 2.75. The van der Waals surface area contributed by atoms with Crippen LogP contribution < -0.4 is 0 Å². The summed E-state index contributed by atoms with van der Waals surface area (Å²) >= 11 is 3.55. The van der Waals surface area contributed by atoms with E-state index in [1.165, 1.54) is 24.0 Å². The van der Waals surface area contributed by atoms with Crippen molar-refractivity contribution < 1.29 is 5.11 Å². The van der Waals surface area contributed by atoms with Crippen molar-refractivity contribution in [1.29, 1.82) is 0 Å². The summed E-state index contributed by atoms with van der Waals surface area (Å²) in [5.74, 6) is 0.751. The maximum atomic E-state index is 9.54. The third kappa shape index (κ3) is 4.59. The fourth-order valence-electron chi connectivity index (χ4n) is 2.93. The number of aliphatic hydroxyl groups excluding tert-OH is 1. The molecule has 1 N–H and O–H groups in total. The van der Waals surface area contributed by atoms with Crippen molar-refractivity contribution in [2.75, 3.05) is 13.6 Å². The van der Waals surface area contributed by atoms with Gasteiger partial charge in [-0.25, -0.2) is 0 Å². The molecule has 0 atom stereocenters. The normalized spacial score (nSPS) is 23.8. The molecule has 0 amide bonds. The van der Waals surface area contributed by atoms with Gasteiger partial charge in [-0.3, -0.25) is 0 Å². The molecule has 0 unspecified atom stereocenters. The Morgan fingerprint density at radius 1 is 1.26 bits per heavy atom. The molecule has 1 aromatic carbocycles. The van der Waals surface area contributed by atoms with Crippen LogP contribution in [0.4, 0.5) is 0 Å². The highest BCUT2D eigenvalue weighted by Gasteiger charge is 2.20. The summed E-state index contributed by atoms with van der Waals surface area (Å²) in [4.78, 5) is 2.41. The molecule has 0 heterocycles. The van der Waals surface area contributed by atoms with Gasteiger partial charge in [-0.15, -0.1) is 0 Å². The van der Waals surface area contributed by atoms with Crippen molar-refractivity contribution in [3.8, 4) is 0 Å². The average Bonchev–Trinajstić information content (AvgIpc) is 2.37. The number of halogens is 1. The Labute approximate surface area is 124 Å². The summed E-state index contributed by atoms with van der Waals surface area (Å²) in [6, 6.07) is 6.49. The second kappa shape index (κ2) is 6.87. The fraction of sp³-hybridized carbons (Fsp3) is 0.625. The van der Waals surface area contributed by atoms with Crippen LogP contribution in [0.3, 0.4) is 0 Å². The third-order valence-electron chi connectivity index (χ3n) is 4.14. The van der Waals surface area contributed by atoms with Crippen LogP contribution >= 0.6 is 15.9 Å². The molecule has 0 bridgehead atoms. The van der Waals surface area contributed by atoms with Gasteiger partial charge in [0.2, 0.25) is 0 Å². The molecule has 0 spiro atoms. The number of nitrogens with zero attached hydrogens (tertiary/aromatic N) is 1. The Kier molecular flexibility index (Phi) is 5.43. The van der Waals surface area contributed by atoms with Crippen molar-refractivity contribution in [3.05, 3.63) is 33.8 Å². The van der Waals surface area contributed by atoms with E-state index in [1.54, 1.807) is 0 Å². The van der Waals surface area contributed by atoms with Crippen molar-refractivity contribution in [2.24, 2.45) is 5.92 Å². The van der Waals surface area contributed by atoms with E-state index in [9.17, 15) is 5.11 Å². The predicted molar refractivity (Wildman–Crippen MR) is 83.2 cm³/mol. The molecule has 2 rings (SSSR count). The lowest BCUT2D eigenvalue weighted by Crippen LogP contribution is -2.29. The standard InChI is InChI=1S/C16H24BrNO/c1-12-3-6-15(17)9-14(12)11-18(2)10-13-4-7-16(19)8-5-13/h3,6,9,13,16,19H,4-5,7-8,10-11H2,1-2H3. The molecule has 0 saturated heterocycles. The number of hydrogen-bond donors (Lipinski definition) is 1. The molecule has 106 valence electrons. The minimum Gasteiger partial charge on any atom is -0.393 e. The zero-order chi connectivity index (χ0) is 13.8. The van der Waals surface area contributed by atoms with Crippen LogP contribution in [-0.2, 0) is 6.54 Å². The van der Waals surface area contributed by atoms with E-state index in [0.29, 0.717) is 0 Å². The molecule has 0 aromatic heterocycles. The minimum absolute atomic E-state index is 0.0473. The first-order valence-electron chi connectivity index (χ1n) is 7.16. The Morgan fingerprint density at radius 3 is 2.63 bits per heavy atom. The molecule has 1 fully saturated rings. The van der Waals surface area contributed by atoms with Crippen molar-refractivity contribution in [1.82, 2.24) is 4.90 Å². The first-order valence-corrected chi connectivity index (χ1v) is 7.95. The first-order chi connectivity index (χ1) is 9.04. The first kappa shape index (κ1) is 15.0. The van der Waals surface area contributed by atoms with Gasteiger partial charge >= 0.3 is 0 Å². The molecule has 19 heavy (non-hydrogen) atoms. The summed E-state index contributed by atoms with van der Waals surface area (Å²) in [7, 11) is 2.20. The van der Waals surface area contributed by atoms with Crippen LogP contribution in [0.5, 0.6) is 0 Å². The number of aliphatic hydroxyl groups is 1. The largest absolute Gasteiger partial charge is 0.393 e. The number of aryl methyl sites for hydroxylation is 1. The number of rotatable bonds is 4. The van der Waals surface area contributed by atoms with Gasteiger partial charge in [-0.1, -0.05) is 22.0 Å². The maximum absolute atomic E-state index is 9.54. The van der Waals surface area contributed by atoms with E-state index in [0.717, 1.165) is 36.3 Å². The number of hydrogen-bond acceptors (Lipinski definition) is 2.